The number of hydrogen-bond donors (Lipinski definition) is 2. The van der Waals surface area contributed by atoms with Gasteiger partial charge in [-0.2, -0.15) is 4.98 Å². The zero-order chi connectivity index (χ0) is 15.6. The molecule has 0 saturated carbocycles. The minimum Gasteiger partial charge on any atom is -0.492 e. The number of nitrogens with one attached hydrogen (secondary N) is 2. The van der Waals surface area contributed by atoms with Gasteiger partial charge in [0.1, 0.15) is 11.6 Å². The molecule has 0 amide bonds. The van der Waals surface area contributed by atoms with Gasteiger partial charge in [-0.25, -0.2) is 4.98 Å². The first-order valence-electron chi connectivity index (χ1n) is 7.89. The SMILES string of the molecule is CCCCCNc1nccc(Nc2ccccc2OCC)n1. The molecule has 2 aromatic rings. The van der Waals surface area contributed by atoms with Crippen molar-refractivity contribution in [2.75, 3.05) is 23.8 Å². The number of unbranched alkanes of at least 4 members (excludes halogenated alkanes) is 2. The van der Waals surface area contributed by atoms with E-state index in [1.165, 1.54) is 12.8 Å². The van der Waals surface area contributed by atoms with E-state index in [1.807, 2.05) is 37.3 Å². The predicted molar refractivity (Wildman–Crippen MR) is 90.9 cm³/mol. The number of nitrogens with zero attached hydrogens (tertiary/aromatic N) is 2. The lowest BCUT2D eigenvalue weighted by Crippen LogP contribution is -2.06. The highest BCUT2D eigenvalue weighted by atomic mass is 16.5. The fourth-order valence-corrected chi connectivity index (χ4v) is 2.08. The molecule has 5 heteroatoms. The molecule has 0 saturated heterocycles. The van der Waals surface area contributed by atoms with Gasteiger partial charge in [0.05, 0.1) is 12.3 Å². The summed E-state index contributed by atoms with van der Waals surface area (Å²) in [6, 6.07) is 9.69. The molecule has 2 N–H and O–H groups in total. The van der Waals surface area contributed by atoms with E-state index in [0.717, 1.165) is 30.2 Å². The first-order valence-corrected chi connectivity index (χ1v) is 7.89. The zero-order valence-corrected chi connectivity index (χ0v) is 13.3. The Hall–Kier alpha value is -2.30. The number of anilines is 3. The Morgan fingerprint density at radius 2 is 1.95 bits per heavy atom. The third-order valence-electron chi connectivity index (χ3n) is 3.17. The molecule has 0 fully saturated rings. The van der Waals surface area contributed by atoms with Crippen molar-refractivity contribution >= 4 is 17.5 Å². The molecule has 5 nitrogen and oxygen atoms in total. The Morgan fingerprint density at radius 3 is 2.77 bits per heavy atom. The fraction of sp³-hybridized carbons (Fsp3) is 0.412. The lowest BCUT2D eigenvalue weighted by atomic mass is 10.2. The van der Waals surface area contributed by atoms with Crippen molar-refractivity contribution in [2.45, 2.75) is 33.1 Å². The summed E-state index contributed by atoms with van der Waals surface area (Å²) in [6.45, 7) is 5.69. The third-order valence-corrected chi connectivity index (χ3v) is 3.17. The van der Waals surface area contributed by atoms with Crippen LogP contribution in [0.1, 0.15) is 33.1 Å². The standard InChI is InChI=1S/C17H24N4O/c1-3-5-8-12-18-17-19-13-11-16(21-17)20-14-9-6-7-10-15(14)22-4-2/h6-7,9-11,13H,3-5,8,12H2,1-2H3,(H2,18,19,20,21). The summed E-state index contributed by atoms with van der Waals surface area (Å²) >= 11 is 0. The molecule has 0 aliphatic carbocycles. The van der Waals surface area contributed by atoms with Gasteiger partial charge >= 0.3 is 0 Å². The Morgan fingerprint density at radius 1 is 1.09 bits per heavy atom. The van der Waals surface area contributed by atoms with Crippen molar-refractivity contribution in [2.24, 2.45) is 0 Å². The summed E-state index contributed by atoms with van der Waals surface area (Å²) in [5, 5.41) is 6.54. The van der Waals surface area contributed by atoms with Gasteiger partial charge in [0.25, 0.3) is 0 Å². The van der Waals surface area contributed by atoms with Crippen molar-refractivity contribution in [1.82, 2.24) is 9.97 Å². The highest BCUT2D eigenvalue weighted by Gasteiger charge is 2.04. The summed E-state index contributed by atoms with van der Waals surface area (Å²) in [7, 11) is 0. The van der Waals surface area contributed by atoms with Crippen LogP contribution in [0.5, 0.6) is 5.75 Å². The summed E-state index contributed by atoms with van der Waals surface area (Å²) < 4.78 is 5.61. The van der Waals surface area contributed by atoms with Gasteiger partial charge in [0.15, 0.2) is 0 Å². The zero-order valence-electron chi connectivity index (χ0n) is 13.3. The number of benzene rings is 1. The van der Waals surface area contributed by atoms with E-state index in [2.05, 4.69) is 27.5 Å². The average Bonchev–Trinajstić information content (AvgIpc) is 2.54. The van der Waals surface area contributed by atoms with Gasteiger partial charge in [-0.3, -0.25) is 0 Å². The van der Waals surface area contributed by atoms with Crippen LogP contribution >= 0.6 is 0 Å². The number of para-hydroxylation sites is 2. The Bertz CT molecular complexity index is 574. The van der Waals surface area contributed by atoms with E-state index in [9.17, 15) is 0 Å². The van der Waals surface area contributed by atoms with Crippen molar-refractivity contribution < 1.29 is 4.74 Å². The summed E-state index contributed by atoms with van der Waals surface area (Å²) in [5.74, 6) is 2.22. The Balaban J connectivity index is 2.01. The molecule has 1 aromatic carbocycles. The molecule has 0 radical (unpaired) electrons. The summed E-state index contributed by atoms with van der Waals surface area (Å²) in [6.07, 6.45) is 5.30. The maximum Gasteiger partial charge on any atom is 0.224 e. The van der Waals surface area contributed by atoms with Crippen LogP contribution in [-0.2, 0) is 0 Å². The number of aromatic nitrogens is 2. The molecule has 1 heterocycles. The molecule has 22 heavy (non-hydrogen) atoms. The van der Waals surface area contributed by atoms with E-state index in [4.69, 9.17) is 4.74 Å². The van der Waals surface area contributed by atoms with Crippen molar-refractivity contribution in [3.63, 3.8) is 0 Å². The largest absolute Gasteiger partial charge is 0.492 e. The van der Waals surface area contributed by atoms with Crippen LogP contribution in [0, 0.1) is 0 Å². The van der Waals surface area contributed by atoms with Gasteiger partial charge in [-0.1, -0.05) is 31.9 Å². The normalized spacial score (nSPS) is 10.3. The lowest BCUT2D eigenvalue weighted by molar-refractivity contribution is 0.342. The van der Waals surface area contributed by atoms with Crippen LogP contribution in [0.25, 0.3) is 0 Å². The number of hydrogen-bond acceptors (Lipinski definition) is 5. The van der Waals surface area contributed by atoms with Crippen LogP contribution in [0.3, 0.4) is 0 Å². The van der Waals surface area contributed by atoms with Crippen LogP contribution < -0.4 is 15.4 Å². The minimum absolute atomic E-state index is 0.632. The maximum absolute atomic E-state index is 5.61. The molecule has 0 aliphatic rings. The van der Waals surface area contributed by atoms with Crippen molar-refractivity contribution in [3.05, 3.63) is 36.5 Å². The van der Waals surface area contributed by atoms with E-state index >= 15 is 0 Å². The van der Waals surface area contributed by atoms with Gasteiger partial charge in [0, 0.05) is 12.7 Å². The summed E-state index contributed by atoms with van der Waals surface area (Å²) in [4.78, 5) is 8.72. The summed E-state index contributed by atoms with van der Waals surface area (Å²) in [5.41, 5.74) is 0.903. The smallest absolute Gasteiger partial charge is 0.224 e. The quantitative estimate of drug-likeness (QED) is 0.679. The Labute approximate surface area is 132 Å². The predicted octanol–water partition coefficient (Wildman–Crippen LogP) is 4.22. The van der Waals surface area contributed by atoms with Gasteiger partial charge < -0.3 is 15.4 Å². The number of rotatable bonds is 9. The van der Waals surface area contributed by atoms with Crippen LogP contribution in [0.2, 0.25) is 0 Å². The second kappa shape index (κ2) is 8.87. The molecular formula is C17H24N4O. The van der Waals surface area contributed by atoms with Crippen molar-refractivity contribution in [3.8, 4) is 5.75 Å². The Kier molecular flexibility index (Phi) is 6.48. The first kappa shape index (κ1) is 16.1. The molecule has 0 unspecified atom stereocenters. The molecule has 2 rings (SSSR count). The van der Waals surface area contributed by atoms with Gasteiger partial charge in [-0.15, -0.1) is 0 Å². The molecular weight excluding hydrogens is 276 g/mol. The monoisotopic (exact) mass is 300 g/mol. The topological polar surface area (TPSA) is 59.1 Å². The van der Waals surface area contributed by atoms with Gasteiger partial charge in [-0.05, 0) is 31.5 Å². The molecule has 0 bridgehead atoms. The highest BCUT2D eigenvalue weighted by Crippen LogP contribution is 2.26. The van der Waals surface area contributed by atoms with E-state index in [0.29, 0.717) is 12.6 Å². The van der Waals surface area contributed by atoms with E-state index in [-0.39, 0.29) is 0 Å². The second-order valence-electron chi connectivity index (χ2n) is 4.95. The van der Waals surface area contributed by atoms with E-state index in [1.54, 1.807) is 6.20 Å². The van der Waals surface area contributed by atoms with Crippen LogP contribution in [-0.4, -0.2) is 23.1 Å². The van der Waals surface area contributed by atoms with Crippen LogP contribution in [0.15, 0.2) is 36.5 Å². The molecule has 0 aliphatic heterocycles. The second-order valence-corrected chi connectivity index (χ2v) is 4.95. The van der Waals surface area contributed by atoms with E-state index < -0.39 is 0 Å². The molecule has 1 aromatic heterocycles. The third kappa shape index (κ3) is 4.91. The highest BCUT2D eigenvalue weighted by molar-refractivity contribution is 5.64. The van der Waals surface area contributed by atoms with Crippen LogP contribution in [0.4, 0.5) is 17.5 Å². The molecule has 0 spiro atoms. The van der Waals surface area contributed by atoms with Crippen molar-refractivity contribution in [1.29, 1.82) is 0 Å². The van der Waals surface area contributed by atoms with Gasteiger partial charge in [0.2, 0.25) is 5.95 Å². The molecule has 118 valence electrons. The lowest BCUT2D eigenvalue weighted by Gasteiger charge is -2.12. The fourth-order valence-electron chi connectivity index (χ4n) is 2.08. The minimum atomic E-state index is 0.632. The maximum atomic E-state index is 5.61. The average molecular weight is 300 g/mol. The molecule has 0 atom stereocenters. The number of ether oxygens (including phenoxy) is 1. The first-order chi connectivity index (χ1) is 10.8.